The van der Waals surface area contributed by atoms with E-state index in [1.165, 1.54) is 3.58 Å². The molecule has 12 heavy (non-hydrogen) atoms. The minimum atomic E-state index is 0.383. The van der Waals surface area contributed by atoms with Gasteiger partial charge in [-0.1, -0.05) is 6.08 Å². The lowest BCUT2D eigenvalue weighted by Gasteiger charge is -2.24. The Morgan fingerprint density at radius 3 is 2.83 bits per heavy atom. The highest BCUT2D eigenvalue weighted by Crippen LogP contribution is 2.32. The third kappa shape index (κ3) is 1.81. The van der Waals surface area contributed by atoms with E-state index in [4.69, 9.17) is 0 Å². The van der Waals surface area contributed by atoms with Crippen LogP contribution in [0.5, 0.6) is 0 Å². The van der Waals surface area contributed by atoms with Gasteiger partial charge in [0, 0.05) is 19.0 Å². The van der Waals surface area contributed by atoms with Crippen LogP contribution in [0.1, 0.15) is 19.3 Å². The normalized spacial score (nSPS) is 23.8. The van der Waals surface area contributed by atoms with Gasteiger partial charge in [-0.2, -0.15) is 0 Å². The van der Waals surface area contributed by atoms with Crippen molar-refractivity contribution in [3.63, 3.8) is 0 Å². The fourth-order valence-electron chi connectivity index (χ4n) is 1.43. The summed E-state index contributed by atoms with van der Waals surface area (Å²) in [6.45, 7) is 1.78. The molecule has 2 rings (SSSR count). The molecule has 1 heterocycles. The molecule has 0 aromatic carbocycles. The van der Waals surface area contributed by atoms with Crippen molar-refractivity contribution in [2.45, 2.75) is 19.3 Å². The number of nitrogens with zero attached hydrogens (tertiary/aromatic N) is 1. The van der Waals surface area contributed by atoms with E-state index in [0.717, 1.165) is 32.4 Å². The Bertz CT molecular complexity index is 233. The largest absolute Gasteiger partial charge is 0.338 e. The molecule has 0 aromatic heterocycles. The third-order valence-electron chi connectivity index (χ3n) is 2.39. The lowest BCUT2D eigenvalue weighted by molar-refractivity contribution is -0.132. The molecule has 2 nitrogen and oxygen atoms in total. The van der Waals surface area contributed by atoms with Crippen molar-refractivity contribution in [2.75, 3.05) is 13.1 Å². The van der Waals surface area contributed by atoms with Crippen molar-refractivity contribution in [3.05, 3.63) is 9.66 Å². The molecule has 3 heteroatoms. The first-order valence-electron chi connectivity index (χ1n) is 4.40. The maximum absolute atomic E-state index is 11.6. The lowest BCUT2D eigenvalue weighted by atomic mass is 10.2. The molecule has 1 amide bonds. The second-order valence-corrected chi connectivity index (χ2v) is 4.85. The number of carbonyl (C=O) groups is 1. The van der Waals surface area contributed by atoms with Gasteiger partial charge in [-0.15, -0.1) is 0 Å². The smallest absolute Gasteiger partial charge is 0.225 e. The Labute approximate surface area is 86.1 Å². The first-order valence-corrected chi connectivity index (χ1v) is 5.48. The van der Waals surface area contributed by atoms with Gasteiger partial charge in [-0.25, -0.2) is 0 Å². The van der Waals surface area contributed by atoms with Gasteiger partial charge < -0.3 is 4.90 Å². The topological polar surface area (TPSA) is 20.3 Å². The van der Waals surface area contributed by atoms with Crippen LogP contribution in [0.4, 0.5) is 0 Å². The van der Waals surface area contributed by atoms with Crippen LogP contribution in [-0.4, -0.2) is 23.9 Å². The summed E-state index contributed by atoms with van der Waals surface area (Å²) < 4.78 is 1.40. The highest BCUT2D eigenvalue weighted by atomic mass is 127. The molecular weight excluding hydrogens is 265 g/mol. The lowest BCUT2D eigenvalue weighted by Crippen LogP contribution is -2.35. The van der Waals surface area contributed by atoms with E-state index in [1.807, 2.05) is 4.90 Å². The molecule has 1 fully saturated rings. The summed E-state index contributed by atoms with van der Waals surface area (Å²) in [7, 11) is 0. The van der Waals surface area contributed by atoms with Crippen molar-refractivity contribution < 1.29 is 4.79 Å². The van der Waals surface area contributed by atoms with Crippen LogP contribution >= 0.6 is 22.6 Å². The van der Waals surface area contributed by atoms with Gasteiger partial charge >= 0.3 is 0 Å². The van der Waals surface area contributed by atoms with Gasteiger partial charge in [0.05, 0.1) is 0 Å². The Hall–Kier alpha value is -0.0600. The zero-order valence-corrected chi connectivity index (χ0v) is 9.08. The third-order valence-corrected chi connectivity index (χ3v) is 3.37. The maximum atomic E-state index is 11.6. The van der Waals surface area contributed by atoms with Crippen LogP contribution in [-0.2, 0) is 4.79 Å². The van der Waals surface area contributed by atoms with Crippen LogP contribution < -0.4 is 0 Å². The number of hydrogen-bond acceptors (Lipinski definition) is 1. The molecule has 66 valence electrons. The van der Waals surface area contributed by atoms with Crippen LogP contribution in [0, 0.1) is 5.92 Å². The minimum absolute atomic E-state index is 0.383. The van der Waals surface area contributed by atoms with Crippen molar-refractivity contribution in [1.29, 1.82) is 0 Å². The van der Waals surface area contributed by atoms with Crippen LogP contribution in [0.25, 0.3) is 0 Å². The molecule has 0 aromatic rings. The Balaban J connectivity index is 1.93. The fraction of sp³-hybridized carbons (Fsp3) is 0.667. The van der Waals surface area contributed by atoms with Gasteiger partial charge in [0.2, 0.25) is 5.91 Å². The van der Waals surface area contributed by atoms with E-state index in [0.29, 0.717) is 11.8 Å². The van der Waals surface area contributed by atoms with E-state index in [1.54, 1.807) is 0 Å². The summed E-state index contributed by atoms with van der Waals surface area (Å²) in [5.74, 6) is 0.768. The standard InChI is InChI=1S/C9H12INO/c10-8-3-5-11(6-4-8)9(12)7-1-2-7/h3,7H,1-2,4-6H2. The predicted octanol–water partition coefficient (Wildman–Crippen LogP) is 1.95. The van der Waals surface area contributed by atoms with Crippen molar-refractivity contribution >= 4 is 28.5 Å². The number of halogens is 1. The summed E-state index contributed by atoms with van der Waals surface area (Å²) in [5, 5.41) is 0. The minimum Gasteiger partial charge on any atom is -0.338 e. The van der Waals surface area contributed by atoms with Gasteiger partial charge in [-0.05, 0) is 45.4 Å². The highest BCUT2D eigenvalue weighted by molar-refractivity contribution is 14.1. The van der Waals surface area contributed by atoms with Gasteiger partial charge in [0.1, 0.15) is 0 Å². The van der Waals surface area contributed by atoms with E-state index >= 15 is 0 Å². The van der Waals surface area contributed by atoms with Crippen LogP contribution in [0.3, 0.4) is 0 Å². The Morgan fingerprint density at radius 2 is 2.33 bits per heavy atom. The number of amides is 1. The average Bonchev–Trinajstić information content (AvgIpc) is 2.87. The first-order chi connectivity index (χ1) is 5.77. The maximum Gasteiger partial charge on any atom is 0.225 e. The molecule has 1 aliphatic carbocycles. The van der Waals surface area contributed by atoms with Crippen molar-refractivity contribution in [3.8, 4) is 0 Å². The van der Waals surface area contributed by atoms with Crippen LogP contribution in [0.2, 0.25) is 0 Å². The van der Waals surface area contributed by atoms with Crippen molar-refractivity contribution in [1.82, 2.24) is 4.90 Å². The summed E-state index contributed by atoms with van der Waals surface area (Å²) in [5.41, 5.74) is 0. The molecule has 0 unspecified atom stereocenters. The summed E-state index contributed by atoms with van der Waals surface area (Å²) in [4.78, 5) is 13.5. The van der Waals surface area contributed by atoms with Gasteiger partial charge in [0.25, 0.3) is 0 Å². The Kier molecular flexibility index (Phi) is 2.39. The molecule has 0 atom stereocenters. The van der Waals surface area contributed by atoms with E-state index < -0.39 is 0 Å². The average molecular weight is 277 g/mol. The summed E-state index contributed by atoms with van der Waals surface area (Å²) >= 11 is 2.35. The zero-order valence-electron chi connectivity index (χ0n) is 6.92. The molecule has 2 aliphatic rings. The number of hydrogen-bond donors (Lipinski definition) is 0. The number of rotatable bonds is 1. The van der Waals surface area contributed by atoms with E-state index in [9.17, 15) is 4.79 Å². The SMILES string of the molecule is O=C(C1CC1)N1CC=C(I)CC1. The quantitative estimate of drug-likeness (QED) is 0.671. The van der Waals surface area contributed by atoms with Crippen molar-refractivity contribution in [2.24, 2.45) is 5.92 Å². The summed E-state index contributed by atoms with van der Waals surface area (Å²) in [6.07, 6.45) is 5.45. The zero-order chi connectivity index (χ0) is 8.55. The monoisotopic (exact) mass is 277 g/mol. The van der Waals surface area contributed by atoms with Gasteiger partial charge in [0.15, 0.2) is 0 Å². The van der Waals surface area contributed by atoms with E-state index in [2.05, 4.69) is 28.7 Å². The van der Waals surface area contributed by atoms with Gasteiger partial charge in [-0.3, -0.25) is 4.79 Å². The fourth-order valence-corrected chi connectivity index (χ4v) is 1.87. The van der Waals surface area contributed by atoms with Crippen LogP contribution in [0.15, 0.2) is 9.66 Å². The molecule has 0 saturated heterocycles. The highest BCUT2D eigenvalue weighted by Gasteiger charge is 2.33. The second-order valence-electron chi connectivity index (χ2n) is 3.46. The molecule has 0 radical (unpaired) electrons. The second kappa shape index (κ2) is 3.36. The molecule has 0 spiro atoms. The first kappa shape index (κ1) is 8.53. The summed E-state index contributed by atoms with van der Waals surface area (Å²) in [6, 6.07) is 0. The number of carbonyl (C=O) groups excluding carboxylic acids is 1. The van der Waals surface area contributed by atoms with E-state index in [-0.39, 0.29) is 0 Å². The molecule has 1 aliphatic heterocycles. The molecule has 0 bridgehead atoms. The Morgan fingerprint density at radius 1 is 1.58 bits per heavy atom. The molecule has 0 N–H and O–H groups in total. The molecule has 1 saturated carbocycles. The molecular formula is C9H12INO. The predicted molar refractivity (Wildman–Crippen MR) is 56.0 cm³/mol.